The van der Waals surface area contributed by atoms with Crippen LogP contribution in [0.2, 0.25) is 0 Å². The van der Waals surface area contributed by atoms with Crippen LogP contribution in [-0.2, 0) is 10.0 Å². The van der Waals surface area contributed by atoms with Gasteiger partial charge in [0.1, 0.15) is 10.6 Å². The molecule has 1 fully saturated rings. The lowest BCUT2D eigenvalue weighted by atomic mass is 10.0. The lowest BCUT2D eigenvalue weighted by Crippen LogP contribution is -2.61. The molecule has 0 bridgehead atoms. The molecule has 0 atom stereocenters. The summed E-state index contributed by atoms with van der Waals surface area (Å²) < 4.78 is 30.6. The Labute approximate surface area is 106 Å². The SMILES string of the molecule is COc1ccc(S(=O)(=O)N2CC(C)(O)C2)c(N)c1. The maximum Gasteiger partial charge on any atom is 0.245 e. The standard InChI is InChI=1S/C11H16N2O4S/c1-11(14)6-13(7-11)18(15,16)10-4-3-8(17-2)5-9(10)12/h3-5,14H,6-7,12H2,1-2H3. The van der Waals surface area contributed by atoms with Crippen LogP contribution in [0, 0.1) is 0 Å². The molecule has 1 aliphatic rings. The first-order valence-electron chi connectivity index (χ1n) is 5.42. The van der Waals surface area contributed by atoms with E-state index in [4.69, 9.17) is 10.5 Å². The quantitative estimate of drug-likeness (QED) is 0.757. The highest BCUT2D eigenvalue weighted by Crippen LogP contribution is 2.31. The number of anilines is 1. The van der Waals surface area contributed by atoms with E-state index < -0.39 is 15.6 Å². The average Bonchev–Trinajstić information content (AvgIpc) is 2.25. The van der Waals surface area contributed by atoms with Gasteiger partial charge in [-0.15, -0.1) is 0 Å². The third kappa shape index (κ3) is 2.16. The Bertz CT molecular complexity index is 560. The molecule has 1 aliphatic heterocycles. The minimum atomic E-state index is -3.64. The van der Waals surface area contributed by atoms with Crippen molar-refractivity contribution >= 4 is 15.7 Å². The van der Waals surface area contributed by atoms with Crippen LogP contribution in [0.5, 0.6) is 5.75 Å². The lowest BCUT2D eigenvalue weighted by Gasteiger charge is -2.42. The van der Waals surface area contributed by atoms with Crippen LogP contribution < -0.4 is 10.5 Å². The summed E-state index contributed by atoms with van der Waals surface area (Å²) in [5.41, 5.74) is 4.91. The Hall–Kier alpha value is -1.31. The number of hydrogen-bond acceptors (Lipinski definition) is 5. The van der Waals surface area contributed by atoms with Crippen molar-refractivity contribution in [3.63, 3.8) is 0 Å². The van der Waals surface area contributed by atoms with Gasteiger partial charge in [0.2, 0.25) is 10.0 Å². The number of hydrogen-bond donors (Lipinski definition) is 2. The molecule has 3 N–H and O–H groups in total. The van der Waals surface area contributed by atoms with Crippen LogP contribution in [0.25, 0.3) is 0 Å². The Morgan fingerprint density at radius 3 is 2.50 bits per heavy atom. The van der Waals surface area contributed by atoms with Gasteiger partial charge < -0.3 is 15.6 Å². The van der Waals surface area contributed by atoms with Gasteiger partial charge in [0.15, 0.2) is 0 Å². The van der Waals surface area contributed by atoms with Gasteiger partial charge in [-0.25, -0.2) is 8.42 Å². The average molecular weight is 272 g/mol. The van der Waals surface area contributed by atoms with E-state index in [0.29, 0.717) is 5.75 Å². The van der Waals surface area contributed by atoms with Crippen LogP contribution in [-0.4, -0.2) is 43.6 Å². The minimum Gasteiger partial charge on any atom is -0.497 e. The number of nitrogens with two attached hydrogens (primary N) is 1. The molecule has 0 amide bonds. The van der Waals surface area contributed by atoms with E-state index >= 15 is 0 Å². The topological polar surface area (TPSA) is 92.9 Å². The van der Waals surface area contributed by atoms with Gasteiger partial charge >= 0.3 is 0 Å². The Morgan fingerprint density at radius 2 is 2.06 bits per heavy atom. The number of aliphatic hydroxyl groups is 1. The molecule has 0 aromatic heterocycles. The number of rotatable bonds is 3. The van der Waals surface area contributed by atoms with Crippen LogP contribution >= 0.6 is 0 Å². The largest absolute Gasteiger partial charge is 0.497 e. The number of nitrogens with zero attached hydrogens (tertiary/aromatic N) is 1. The van der Waals surface area contributed by atoms with E-state index in [-0.39, 0.29) is 23.7 Å². The van der Waals surface area contributed by atoms with Crippen molar-refractivity contribution in [1.82, 2.24) is 4.31 Å². The molecule has 18 heavy (non-hydrogen) atoms. The molecule has 0 spiro atoms. The van der Waals surface area contributed by atoms with Gasteiger partial charge in [-0.05, 0) is 19.1 Å². The van der Waals surface area contributed by atoms with Crippen molar-refractivity contribution in [3.05, 3.63) is 18.2 Å². The highest BCUT2D eigenvalue weighted by molar-refractivity contribution is 7.89. The first-order valence-corrected chi connectivity index (χ1v) is 6.86. The summed E-state index contributed by atoms with van der Waals surface area (Å²) in [6.45, 7) is 1.76. The number of ether oxygens (including phenoxy) is 1. The van der Waals surface area contributed by atoms with E-state index in [2.05, 4.69) is 0 Å². The fourth-order valence-electron chi connectivity index (χ4n) is 1.91. The fraction of sp³-hybridized carbons (Fsp3) is 0.455. The zero-order valence-corrected chi connectivity index (χ0v) is 11.1. The van der Waals surface area contributed by atoms with Crippen LogP contribution in [0.3, 0.4) is 0 Å². The van der Waals surface area contributed by atoms with E-state index in [1.165, 1.54) is 23.5 Å². The minimum absolute atomic E-state index is 0.0406. The summed E-state index contributed by atoms with van der Waals surface area (Å²) in [6, 6.07) is 4.42. The number of sulfonamides is 1. The van der Waals surface area contributed by atoms with Crippen LogP contribution in [0.15, 0.2) is 23.1 Å². The zero-order chi connectivity index (χ0) is 13.6. The second kappa shape index (κ2) is 4.11. The normalized spacial score (nSPS) is 19.3. The summed E-state index contributed by atoms with van der Waals surface area (Å²) in [7, 11) is -2.15. The molecule has 1 heterocycles. The second-order valence-electron chi connectivity index (χ2n) is 4.67. The summed E-state index contributed by atoms with van der Waals surface area (Å²) in [4.78, 5) is 0.0406. The molecule has 2 rings (SSSR count). The smallest absolute Gasteiger partial charge is 0.245 e. The molecule has 1 saturated heterocycles. The van der Waals surface area contributed by atoms with Crippen molar-refractivity contribution < 1.29 is 18.3 Å². The lowest BCUT2D eigenvalue weighted by molar-refractivity contribution is -0.0426. The summed E-state index contributed by atoms with van der Waals surface area (Å²) in [6.07, 6.45) is 0. The van der Waals surface area contributed by atoms with Crippen molar-refractivity contribution in [2.75, 3.05) is 25.9 Å². The van der Waals surface area contributed by atoms with E-state index in [0.717, 1.165) is 0 Å². The summed E-state index contributed by atoms with van der Waals surface area (Å²) in [5, 5.41) is 9.59. The summed E-state index contributed by atoms with van der Waals surface area (Å²) >= 11 is 0. The molecule has 0 saturated carbocycles. The Balaban J connectivity index is 2.31. The number of nitrogen functional groups attached to an aromatic ring is 1. The first kappa shape index (κ1) is 13.1. The number of β-amino-alcohol motifs (C(OH)–C–C–N with tert-alkyl or cyclic N) is 1. The zero-order valence-electron chi connectivity index (χ0n) is 10.3. The predicted molar refractivity (Wildman–Crippen MR) is 66.8 cm³/mol. The monoisotopic (exact) mass is 272 g/mol. The van der Waals surface area contributed by atoms with Crippen LogP contribution in [0.4, 0.5) is 5.69 Å². The summed E-state index contributed by atoms with van der Waals surface area (Å²) in [5.74, 6) is 0.502. The third-order valence-corrected chi connectivity index (χ3v) is 4.73. The van der Waals surface area contributed by atoms with Crippen LogP contribution in [0.1, 0.15) is 6.92 Å². The van der Waals surface area contributed by atoms with Crippen molar-refractivity contribution in [2.24, 2.45) is 0 Å². The maximum atomic E-state index is 12.2. The van der Waals surface area contributed by atoms with Crippen molar-refractivity contribution in [1.29, 1.82) is 0 Å². The molecule has 100 valence electrons. The van der Waals surface area contributed by atoms with E-state index in [1.807, 2.05) is 0 Å². The molecular weight excluding hydrogens is 256 g/mol. The molecular formula is C11H16N2O4S. The fourth-order valence-corrected chi connectivity index (χ4v) is 3.68. The highest BCUT2D eigenvalue weighted by atomic mass is 32.2. The molecule has 0 unspecified atom stereocenters. The Kier molecular flexibility index (Phi) is 3.00. The van der Waals surface area contributed by atoms with Gasteiger partial charge in [0.05, 0.1) is 18.4 Å². The van der Waals surface area contributed by atoms with E-state index in [9.17, 15) is 13.5 Å². The Morgan fingerprint density at radius 1 is 1.44 bits per heavy atom. The van der Waals surface area contributed by atoms with E-state index in [1.54, 1.807) is 13.0 Å². The molecule has 0 radical (unpaired) electrons. The van der Waals surface area contributed by atoms with Crippen molar-refractivity contribution in [2.45, 2.75) is 17.4 Å². The van der Waals surface area contributed by atoms with Gasteiger partial charge in [0.25, 0.3) is 0 Å². The van der Waals surface area contributed by atoms with Gasteiger partial charge in [-0.1, -0.05) is 0 Å². The first-order chi connectivity index (χ1) is 8.26. The third-order valence-electron chi connectivity index (χ3n) is 2.87. The maximum absolute atomic E-state index is 12.2. The van der Waals surface area contributed by atoms with Gasteiger partial charge in [0, 0.05) is 19.2 Å². The molecule has 7 heteroatoms. The van der Waals surface area contributed by atoms with Gasteiger partial charge in [-0.3, -0.25) is 0 Å². The molecule has 1 aromatic rings. The predicted octanol–water partition coefficient (Wildman–Crippen LogP) is 0.0327. The second-order valence-corrected chi connectivity index (χ2v) is 6.58. The van der Waals surface area contributed by atoms with Crippen molar-refractivity contribution in [3.8, 4) is 5.75 Å². The van der Waals surface area contributed by atoms with Gasteiger partial charge in [-0.2, -0.15) is 4.31 Å². The highest BCUT2D eigenvalue weighted by Gasteiger charge is 2.44. The molecule has 1 aromatic carbocycles. The number of methoxy groups -OCH3 is 1. The molecule has 6 nitrogen and oxygen atoms in total. The number of benzene rings is 1. The molecule has 0 aliphatic carbocycles.